The molecule has 0 spiro atoms. The van der Waals surface area contributed by atoms with Gasteiger partial charge in [-0.3, -0.25) is 6.08 Å². The molecule has 5 aromatic rings. The van der Waals surface area contributed by atoms with Gasteiger partial charge in [-0.2, -0.15) is 12.1 Å². The van der Waals surface area contributed by atoms with E-state index in [-0.39, 0.29) is 46.5 Å². The number of fused-ring (bicyclic) bond motifs is 4. The average molecular weight is 509 g/mol. The monoisotopic (exact) mass is 508 g/mol. The van der Waals surface area contributed by atoms with Gasteiger partial charge in [0, 0.05) is 10.2 Å². The Balaban J connectivity index is 0.000000317. The van der Waals surface area contributed by atoms with Gasteiger partial charge < -0.3 is 24.8 Å². The second kappa shape index (κ2) is 11.5. The first-order chi connectivity index (χ1) is 14.2. The number of halogens is 2. The van der Waals surface area contributed by atoms with Gasteiger partial charge in [0.15, 0.2) is 0 Å². The molecule has 0 amide bonds. The van der Waals surface area contributed by atoms with Gasteiger partial charge in [-0.1, -0.05) is 74.4 Å². The fourth-order valence-corrected chi connectivity index (χ4v) is 6.81. The van der Waals surface area contributed by atoms with Crippen LogP contribution >= 0.6 is 7.53 Å². The fraction of sp³-hybridized carbons (Fsp3) is 0.107. The molecule has 0 atom stereocenters. The summed E-state index contributed by atoms with van der Waals surface area (Å²) in [6.07, 6.45) is 6.41. The van der Waals surface area contributed by atoms with Gasteiger partial charge in [-0.15, -0.1) is 48.4 Å². The van der Waals surface area contributed by atoms with Crippen molar-refractivity contribution >= 4 is 39.3 Å². The van der Waals surface area contributed by atoms with Crippen molar-refractivity contribution in [2.24, 2.45) is 0 Å². The van der Waals surface area contributed by atoms with Gasteiger partial charge in [0.05, 0.1) is 0 Å². The topological polar surface area (TPSA) is 0 Å². The third kappa shape index (κ3) is 4.96. The Hall–Kier alpha value is -1.66. The van der Waals surface area contributed by atoms with Crippen LogP contribution in [0.2, 0.25) is 0 Å². The minimum absolute atomic E-state index is 0. The third-order valence-corrected chi connectivity index (χ3v) is 8.33. The van der Waals surface area contributed by atoms with E-state index < -0.39 is 7.53 Å². The van der Waals surface area contributed by atoms with Crippen LogP contribution in [0.25, 0.3) is 37.1 Å². The summed E-state index contributed by atoms with van der Waals surface area (Å²) in [4.78, 5) is 0. The predicted octanol–water partition coefficient (Wildman–Crippen LogP) is 2.93. The molecule has 0 nitrogen and oxygen atoms in total. The molecule has 1 aromatic heterocycles. The van der Waals surface area contributed by atoms with Crippen LogP contribution < -0.4 is 24.8 Å². The van der Waals surface area contributed by atoms with Crippen molar-refractivity contribution in [1.29, 1.82) is 0 Å². The summed E-state index contributed by atoms with van der Waals surface area (Å²) < 4.78 is 0. The molecule has 32 heavy (non-hydrogen) atoms. The second-order valence-electron chi connectivity index (χ2n) is 7.61. The molecule has 1 aliphatic carbocycles. The standard InChI is InChI=1S/C21H14P.C7H9.2ClH.Ti/c1-2-8-16-14-17(13-15(16)7-1)22-20-11-5-3-9-18(20)19-10-4-6-12-21(19)22;1-6-4-3-5-7(6)2;;;/h1-14H;4H,3H2,1-2H3;2*1H;/q2*-1;;;+4/p-2. The van der Waals surface area contributed by atoms with Gasteiger partial charge in [-0.25, -0.2) is 11.1 Å². The maximum absolute atomic E-state index is 3.19. The first-order valence-corrected chi connectivity index (χ1v) is 11.4. The summed E-state index contributed by atoms with van der Waals surface area (Å²) in [6.45, 7) is 4.22. The van der Waals surface area contributed by atoms with E-state index in [1.54, 1.807) is 0 Å². The SMILES string of the molecule is CC1=[C-]CC=C1C.[Cl-].[Cl-].[Ti+4].c1ccc2[cH-]c(-p3c4ccccc4c4ccccc43)cc2c1. The number of rotatable bonds is 1. The maximum atomic E-state index is 3.19. The number of benzene rings is 3. The van der Waals surface area contributed by atoms with Crippen molar-refractivity contribution in [1.82, 2.24) is 0 Å². The summed E-state index contributed by atoms with van der Waals surface area (Å²) in [7, 11) is -0.419. The van der Waals surface area contributed by atoms with E-state index in [1.807, 2.05) is 0 Å². The van der Waals surface area contributed by atoms with Crippen molar-refractivity contribution in [3.63, 3.8) is 0 Å². The Labute approximate surface area is 218 Å². The van der Waals surface area contributed by atoms with Gasteiger partial charge in [0.1, 0.15) is 0 Å². The van der Waals surface area contributed by atoms with E-state index in [9.17, 15) is 0 Å². The van der Waals surface area contributed by atoms with Crippen molar-refractivity contribution in [2.75, 3.05) is 0 Å². The zero-order valence-corrected chi connectivity index (χ0v) is 22.0. The maximum Gasteiger partial charge on any atom is 4.00 e. The Morgan fingerprint density at radius 2 is 1.34 bits per heavy atom. The Bertz CT molecular complexity index is 1300. The molecule has 0 unspecified atom stereocenters. The van der Waals surface area contributed by atoms with E-state index in [2.05, 4.69) is 111 Å². The van der Waals surface area contributed by atoms with E-state index >= 15 is 0 Å². The van der Waals surface area contributed by atoms with E-state index in [4.69, 9.17) is 0 Å². The van der Waals surface area contributed by atoms with Crippen LogP contribution in [0.15, 0.2) is 102 Å². The number of allylic oxidation sites excluding steroid dienone is 4. The molecule has 0 aliphatic heterocycles. The van der Waals surface area contributed by atoms with Crippen LogP contribution in [-0.2, 0) is 21.7 Å². The van der Waals surface area contributed by atoms with Gasteiger partial charge >= 0.3 is 21.7 Å². The smallest absolute Gasteiger partial charge is 1.00 e. The quantitative estimate of drug-likeness (QED) is 0.241. The average Bonchev–Trinajstić information content (AvgIpc) is 3.43. The van der Waals surface area contributed by atoms with Gasteiger partial charge in [0.2, 0.25) is 0 Å². The summed E-state index contributed by atoms with van der Waals surface area (Å²) in [6, 6.07) is 31.2. The molecular formula is C28H23Cl2PTi. The molecule has 0 bridgehead atoms. The normalized spacial score (nSPS) is 12.2. The molecule has 4 heteroatoms. The molecule has 0 N–H and O–H groups in total. The van der Waals surface area contributed by atoms with Crippen LogP contribution in [0.5, 0.6) is 0 Å². The molecule has 0 fully saturated rings. The van der Waals surface area contributed by atoms with Crippen LogP contribution in [0.3, 0.4) is 0 Å². The number of hydrogen-bond acceptors (Lipinski definition) is 0. The molecule has 0 saturated heterocycles. The molecule has 1 aliphatic rings. The molecule has 0 radical (unpaired) electrons. The summed E-state index contributed by atoms with van der Waals surface area (Å²) in [5, 5.41) is 9.98. The van der Waals surface area contributed by atoms with Crippen LogP contribution in [-0.4, -0.2) is 0 Å². The molecule has 1 heterocycles. The van der Waals surface area contributed by atoms with Crippen molar-refractivity contribution in [3.8, 4) is 5.30 Å². The van der Waals surface area contributed by atoms with Crippen molar-refractivity contribution in [3.05, 3.63) is 108 Å². The van der Waals surface area contributed by atoms with Crippen LogP contribution in [0, 0.1) is 6.08 Å². The Kier molecular flexibility index (Phi) is 9.53. The minimum Gasteiger partial charge on any atom is -1.00 e. The van der Waals surface area contributed by atoms with E-state index in [1.165, 1.54) is 48.2 Å². The first kappa shape index (κ1) is 26.6. The van der Waals surface area contributed by atoms with Gasteiger partial charge in [0.25, 0.3) is 0 Å². The second-order valence-corrected chi connectivity index (χ2v) is 9.76. The van der Waals surface area contributed by atoms with Gasteiger partial charge in [-0.05, 0) is 10.8 Å². The largest absolute Gasteiger partial charge is 4.00 e. The molecular weight excluding hydrogens is 486 g/mol. The summed E-state index contributed by atoms with van der Waals surface area (Å²) in [5.74, 6) is 0. The third-order valence-electron chi connectivity index (χ3n) is 5.81. The fourth-order valence-electron chi connectivity index (χ4n) is 4.11. The Morgan fingerprint density at radius 3 is 1.84 bits per heavy atom. The first-order valence-electron chi connectivity index (χ1n) is 10.1. The zero-order valence-electron chi connectivity index (χ0n) is 18.1. The Morgan fingerprint density at radius 1 is 0.781 bits per heavy atom. The zero-order chi connectivity index (χ0) is 19.8. The van der Waals surface area contributed by atoms with E-state index in [0.717, 1.165) is 6.42 Å². The predicted molar refractivity (Wildman–Crippen MR) is 129 cm³/mol. The number of hydrogen-bond donors (Lipinski definition) is 0. The molecule has 0 saturated carbocycles. The van der Waals surface area contributed by atoms with Crippen LogP contribution in [0.1, 0.15) is 20.3 Å². The minimum atomic E-state index is -0.419. The molecule has 4 aromatic carbocycles. The van der Waals surface area contributed by atoms with Crippen molar-refractivity contribution in [2.45, 2.75) is 20.3 Å². The molecule has 158 valence electrons. The van der Waals surface area contributed by atoms with Crippen LogP contribution in [0.4, 0.5) is 0 Å². The molecule has 6 rings (SSSR count). The summed E-state index contributed by atoms with van der Waals surface area (Å²) >= 11 is 0. The summed E-state index contributed by atoms with van der Waals surface area (Å²) in [5.41, 5.74) is 2.71. The van der Waals surface area contributed by atoms with E-state index in [0.29, 0.717) is 0 Å². The van der Waals surface area contributed by atoms with Crippen molar-refractivity contribution < 1.29 is 46.5 Å².